The average Bonchev–Trinajstić information content (AvgIpc) is 3.26. The van der Waals surface area contributed by atoms with E-state index in [-0.39, 0.29) is 31.0 Å². The van der Waals surface area contributed by atoms with Crippen molar-refractivity contribution in [3.63, 3.8) is 0 Å². The molecule has 4 unspecified atom stereocenters. The number of aliphatic hydroxyl groups excluding tert-OH is 1. The van der Waals surface area contributed by atoms with Gasteiger partial charge in [0.05, 0.1) is 0 Å². The van der Waals surface area contributed by atoms with Gasteiger partial charge in [-0.25, -0.2) is 0 Å². The van der Waals surface area contributed by atoms with E-state index in [0.717, 1.165) is 13.0 Å². The van der Waals surface area contributed by atoms with E-state index in [1.54, 1.807) is 7.11 Å². The average molecular weight is 472 g/mol. The molecule has 2 heterocycles. The fourth-order valence-corrected chi connectivity index (χ4v) is 5.22. The third-order valence-corrected chi connectivity index (χ3v) is 7.07. The van der Waals surface area contributed by atoms with Crippen molar-refractivity contribution in [1.29, 1.82) is 0 Å². The molecule has 2 N–H and O–H groups in total. The number of aliphatic hydroxyl groups is 1. The Morgan fingerprint density at radius 1 is 0.848 bits per heavy atom. The summed E-state index contributed by atoms with van der Waals surface area (Å²) in [6.45, 7) is 7.13. The van der Waals surface area contributed by atoms with Gasteiger partial charge in [-0.05, 0) is 33.2 Å². The second-order valence-corrected chi connectivity index (χ2v) is 10.4. The molecule has 0 amide bonds. The summed E-state index contributed by atoms with van der Waals surface area (Å²) in [5.74, 6) is -0.648. The number of methoxy groups -OCH3 is 1. The molecule has 2 aliphatic rings. The first-order valence-electron chi connectivity index (χ1n) is 13.9. The van der Waals surface area contributed by atoms with Crippen LogP contribution in [0, 0.1) is 0 Å². The number of ether oxygens (including phenoxy) is 4. The predicted octanol–water partition coefficient (Wildman–Crippen LogP) is 5.70. The van der Waals surface area contributed by atoms with Gasteiger partial charge in [-0.2, -0.15) is 0 Å². The number of hydrogen-bond donors (Lipinski definition) is 2. The molecule has 2 fully saturated rings. The minimum Gasteiger partial charge on any atom is -0.396 e. The Labute approximate surface area is 203 Å². The fraction of sp³-hybridized carbons (Fsp3) is 1.00. The Balaban J connectivity index is 1.51. The van der Waals surface area contributed by atoms with Crippen LogP contribution in [0.5, 0.6) is 0 Å². The molecule has 0 aliphatic carbocycles. The van der Waals surface area contributed by atoms with Crippen molar-refractivity contribution in [2.45, 2.75) is 154 Å². The molecule has 2 aliphatic heterocycles. The highest BCUT2D eigenvalue weighted by Crippen LogP contribution is 2.39. The smallest absolute Gasteiger partial charge is 0.190 e. The molecule has 0 aromatic carbocycles. The first-order valence-corrected chi connectivity index (χ1v) is 13.9. The van der Waals surface area contributed by atoms with Crippen LogP contribution in [-0.2, 0) is 18.9 Å². The van der Waals surface area contributed by atoms with Crippen molar-refractivity contribution in [1.82, 2.24) is 5.32 Å². The summed E-state index contributed by atoms with van der Waals surface area (Å²) < 4.78 is 23.8. The van der Waals surface area contributed by atoms with Crippen LogP contribution < -0.4 is 5.32 Å². The van der Waals surface area contributed by atoms with E-state index >= 15 is 0 Å². The summed E-state index contributed by atoms with van der Waals surface area (Å²) in [6, 6.07) is 0.0304. The van der Waals surface area contributed by atoms with Crippen LogP contribution in [0.25, 0.3) is 0 Å². The summed E-state index contributed by atoms with van der Waals surface area (Å²) in [7, 11) is 1.70. The lowest BCUT2D eigenvalue weighted by molar-refractivity contribution is -0.220. The standard InChI is InChI=1S/C27H53NO5/c1-5-6-7-8-9-10-11-12-13-14-15-16-17-18-20-28-22(19-21-29)23-24(30-4)25-26(31-23)33-27(2,3)32-25/h22-26,28-29H,5-21H2,1-4H3/t22?,23?,24-,25?,26?/m0/s1. The SMILES string of the molecule is CCCCCCCCCCCCCCCCNC(CCO)C1OC2OC(C)(C)OC2[C@H]1OC. The van der Waals surface area contributed by atoms with Crippen molar-refractivity contribution in [3.05, 3.63) is 0 Å². The molecule has 33 heavy (non-hydrogen) atoms. The van der Waals surface area contributed by atoms with Gasteiger partial charge in [0.25, 0.3) is 0 Å². The Morgan fingerprint density at radius 2 is 1.39 bits per heavy atom. The zero-order chi connectivity index (χ0) is 23.9. The third-order valence-electron chi connectivity index (χ3n) is 7.07. The van der Waals surface area contributed by atoms with Crippen molar-refractivity contribution in [2.75, 3.05) is 20.3 Å². The van der Waals surface area contributed by atoms with Crippen LogP contribution >= 0.6 is 0 Å². The number of rotatable bonds is 20. The van der Waals surface area contributed by atoms with Crippen molar-refractivity contribution in [3.8, 4) is 0 Å². The maximum absolute atomic E-state index is 9.57. The van der Waals surface area contributed by atoms with Crippen molar-refractivity contribution < 1.29 is 24.1 Å². The Morgan fingerprint density at radius 3 is 1.91 bits per heavy atom. The Kier molecular flexibility index (Phi) is 14.4. The summed E-state index contributed by atoms with van der Waals surface area (Å²) in [6.07, 6.45) is 18.7. The lowest BCUT2D eigenvalue weighted by Gasteiger charge is -2.30. The van der Waals surface area contributed by atoms with Gasteiger partial charge in [0.2, 0.25) is 0 Å². The normalized spacial score (nSPS) is 27.2. The summed E-state index contributed by atoms with van der Waals surface area (Å²) in [4.78, 5) is 0. The van der Waals surface area contributed by atoms with Crippen LogP contribution in [0.2, 0.25) is 0 Å². The molecule has 5 atom stereocenters. The minimum atomic E-state index is -0.648. The maximum Gasteiger partial charge on any atom is 0.190 e. The van der Waals surface area contributed by atoms with E-state index in [1.165, 1.54) is 83.5 Å². The van der Waals surface area contributed by atoms with Crippen LogP contribution in [0.15, 0.2) is 0 Å². The molecule has 0 spiro atoms. The number of fused-ring (bicyclic) bond motifs is 1. The summed E-state index contributed by atoms with van der Waals surface area (Å²) >= 11 is 0. The van der Waals surface area contributed by atoms with E-state index in [2.05, 4.69) is 12.2 Å². The third kappa shape index (κ3) is 10.5. The van der Waals surface area contributed by atoms with Gasteiger partial charge in [-0.3, -0.25) is 0 Å². The van der Waals surface area contributed by atoms with Crippen molar-refractivity contribution in [2.24, 2.45) is 0 Å². The first-order chi connectivity index (χ1) is 16.0. The number of hydrogen-bond acceptors (Lipinski definition) is 6. The predicted molar refractivity (Wildman–Crippen MR) is 133 cm³/mol. The van der Waals surface area contributed by atoms with E-state index in [4.69, 9.17) is 18.9 Å². The molecule has 196 valence electrons. The highest BCUT2D eigenvalue weighted by molar-refractivity contribution is 4.98. The number of unbranched alkanes of at least 4 members (excludes halogenated alkanes) is 13. The summed E-state index contributed by atoms with van der Waals surface area (Å²) in [5, 5.41) is 13.2. The van der Waals surface area contributed by atoms with Crippen LogP contribution in [0.4, 0.5) is 0 Å². The van der Waals surface area contributed by atoms with Gasteiger partial charge in [-0.1, -0.05) is 90.4 Å². The van der Waals surface area contributed by atoms with E-state index in [0.29, 0.717) is 6.42 Å². The molecule has 0 aromatic rings. The molecule has 2 saturated heterocycles. The Hall–Kier alpha value is -0.240. The van der Waals surface area contributed by atoms with Gasteiger partial charge in [-0.15, -0.1) is 0 Å². The van der Waals surface area contributed by atoms with E-state index in [9.17, 15) is 5.11 Å². The lowest BCUT2D eigenvalue weighted by Crippen LogP contribution is -2.49. The lowest BCUT2D eigenvalue weighted by atomic mass is 10.0. The molecule has 6 nitrogen and oxygen atoms in total. The second kappa shape index (κ2) is 16.4. The first kappa shape index (κ1) is 29.0. The molecule has 0 radical (unpaired) electrons. The van der Waals surface area contributed by atoms with Gasteiger partial charge >= 0.3 is 0 Å². The zero-order valence-corrected chi connectivity index (χ0v) is 22.0. The molecular formula is C27H53NO5. The quantitative estimate of drug-likeness (QED) is 0.222. The maximum atomic E-state index is 9.57. The van der Waals surface area contributed by atoms with Gasteiger partial charge in [0, 0.05) is 19.8 Å². The van der Waals surface area contributed by atoms with Gasteiger partial charge < -0.3 is 29.4 Å². The van der Waals surface area contributed by atoms with Crippen molar-refractivity contribution >= 4 is 0 Å². The van der Waals surface area contributed by atoms with Gasteiger partial charge in [0.15, 0.2) is 12.1 Å². The monoisotopic (exact) mass is 471 g/mol. The molecule has 0 bridgehead atoms. The molecule has 0 saturated carbocycles. The van der Waals surface area contributed by atoms with Crippen LogP contribution in [0.3, 0.4) is 0 Å². The van der Waals surface area contributed by atoms with E-state index < -0.39 is 12.1 Å². The zero-order valence-electron chi connectivity index (χ0n) is 22.0. The van der Waals surface area contributed by atoms with Gasteiger partial charge in [0.1, 0.15) is 18.3 Å². The minimum absolute atomic E-state index is 0.0304. The summed E-state index contributed by atoms with van der Waals surface area (Å²) in [5.41, 5.74) is 0. The number of nitrogens with one attached hydrogen (secondary N) is 1. The molecule has 2 rings (SSSR count). The molecule has 0 aromatic heterocycles. The fourth-order valence-electron chi connectivity index (χ4n) is 5.22. The molecular weight excluding hydrogens is 418 g/mol. The highest BCUT2D eigenvalue weighted by atomic mass is 16.8. The van der Waals surface area contributed by atoms with Crippen LogP contribution in [-0.4, -0.2) is 61.8 Å². The van der Waals surface area contributed by atoms with E-state index in [1.807, 2.05) is 13.8 Å². The topological polar surface area (TPSA) is 69.2 Å². The van der Waals surface area contributed by atoms with Crippen LogP contribution in [0.1, 0.15) is 117 Å². The largest absolute Gasteiger partial charge is 0.396 e. The highest BCUT2D eigenvalue weighted by Gasteiger charge is 2.56. The second-order valence-electron chi connectivity index (χ2n) is 10.4. The molecule has 6 heteroatoms. The Bertz CT molecular complexity index is 489.